The summed E-state index contributed by atoms with van der Waals surface area (Å²) in [5.74, 6) is 1.15. The second-order valence-electron chi connectivity index (χ2n) is 4.79. The zero-order valence-corrected chi connectivity index (χ0v) is 8.59. The summed E-state index contributed by atoms with van der Waals surface area (Å²) >= 11 is 0. The van der Waals surface area contributed by atoms with Crippen molar-refractivity contribution in [1.29, 1.82) is 0 Å². The summed E-state index contributed by atoms with van der Waals surface area (Å²) in [6.07, 6.45) is 3.47. The topological polar surface area (TPSA) is 20.2 Å². The molecular formula is C11H20O. The van der Waals surface area contributed by atoms with Crippen molar-refractivity contribution in [3.63, 3.8) is 0 Å². The van der Waals surface area contributed by atoms with Crippen molar-refractivity contribution in [1.82, 2.24) is 0 Å². The van der Waals surface area contributed by atoms with Gasteiger partial charge in [0.15, 0.2) is 0 Å². The molecule has 0 saturated heterocycles. The third kappa shape index (κ3) is 1.71. The first kappa shape index (κ1) is 9.79. The third-order valence-corrected chi connectivity index (χ3v) is 3.26. The Morgan fingerprint density at radius 2 is 2.08 bits per heavy atom. The molecule has 0 unspecified atom stereocenters. The van der Waals surface area contributed by atoms with Crippen LogP contribution in [0, 0.1) is 17.3 Å². The SMILES string of the molecule is C[C@@H]1C(CO)=C[C@H](C)CC1(C)C. The molecule has 1 nitrogen and oxygen atoms in total. The van der Waals surface area contributed by atoms with Gasteiger partial charge in [-0.3, -0.25) is 0 Å². The van der Waals surface area contributed by atoms with Crippen LogP contribution in [0.2, 0.25) is 0 Å². The monoisotopic (exact) mass is 168 g/mol. The van der Waals surface area contributed by atoms with E-state index >= 15 is 0 Å². The fourth-order valence-corrected chi connectivity index (χ4v) is 2.27. The molecule has 0 saturated carbocycles. The molecular weight excluding hydrogens is 148 g/mol. The van der Waals surface area contributed by atoms with Crippen LogP contribution in [-0.4, -0.2) is 11.7 Å². The fraction of sp³-hybridized carbons (Fsp3) is 0.818. The van der Waals surface area contributed by atoms with E-state index < -0.39 is 0 Å². The van der Waals surface area contributed by atoms with Gasteiger partial charge >= 0.3 is 0 Å². The Morgan fingerprint density at radius 1 is 1.50 bits per heavy atom. The lowest BCUT2D eigenvalue weighted by Crippen LogP contribution is -2.30. The van der Waals surface area contributed by atoms with Gasteiger partial charge in [-0.25, -0.2) is 0 Å². The number of aliphatic hydroxyl groups excluding tert-OH is 1. The lowest BCUT2D eigenvalue weighted by molar-refractivity contribution is 0.180. The maximum atomic E-state index is 9.14. The predicted molar refractivity (Wildman–Crippen MR) is 51.9 cm³/mol. The molecule has 1 heteroatoms. The lowest BCUT2D eigenvalue weighted by atomic mass is 9.66. The predicted octanol–water partition coefficient (Wildman–Crippen LogP) is 2.61. The summed E-state index contributed by atoms with van der Waals surface area (Å²) in [6.45, 7) is 9.25. The highest BCUT2D eigenvalue weighted by Crippen LogP contribution is 2.42. The Balaban J connectivity index is 2.87. The summed E-state index contributed by atoms with van der Waals surface area (Å²) in [6, 6.07) is 0. The van der Waals surface area contributed by atoms with Crippen molar-refractivity contribution in [2.75, 3.05) is 6.61 Å². The van der Waals surface area contributed by atoms with Crippen molar-refractivity contribution >= 4 is 0 Å². The summed E-state index contributed by atoms with van der Waals surface area (Å²) in [4.78, 5) is 0. The molecule has 1 aliphatic carbocycles. The Morgan fingerprint density at radius 3 is 2.58 bits per heavy atom. The second kappa shape index (κ2) is 3.21. The van der Waals surface area contributed by atoms with E-state index in [1.807, 2.05) is 0 Å². The number of hydrogen-bond acceptors (Lipinski definition) is 1. The van der Waals surface area contributed by atoms with Gasteiger partial charge in [0.2, 0.25) is 0 Å². The van der Waals surface area contributed by atoms with E-state index in [1.54, 1.807) is 0 Å². The summed E-state index contributed by atoms with van der Waals surface area (Å²) < 4.78 is 0. The van der Waals surface area contributed by atoms with Crippen LogP contribution >= 0.6 is 0 Å². The quantitative estimate of drug-likeness (QED) is 0.597. The van der Waals surface area contributed by atoms with E-state index in [1.165, 1.54) is 12.0 Å². The largest absolute Gasteiger partial charge is 0.392 e. The van der Waals surface area contributed by atoms with Gasteiger partial charge in [0.05, 0.1) is 6.61 Å². The molecule has 70 valence electrons. The van der Waals surface area contributed by atoms with Crippen molar-refractivity contribution in [2.24, 2.45) is 17.3 Å². The maximum Gasteiger partial charge on any atom is 0.0644 e. The minimum Gasteiger partial charge on any atom is -0.392 e. The first-order valence-electron chi connectivity index (χ1n) is 4.79. The van der Waals surface area contributed by atoms with Crippen molar-refractivity contribution in [2.45, 2.75) is 34.1 Å². The molecule has 2 atom stereocenters. The van der Waals surface area contributed by atoms with Crippen LogP contribution in [-0.2, 0) is 0 Å². The normalized spacial score (nSPS) is 34.6. The first-order chi connectivity index (χ1) is 5.47. The zero-order valence-electron chi connectivity index (χ0n) is 8.59. The summed E-state index contributed by atoms with van der Waals surface area (Å²) in [5.41, 5.74) is 1.57. The number of allylic oxidation sites excluding steroid dienone is 1. The highest BCUT2D eigenvalue weighted by molar-refractivity contribution is 5.15. The Bertz CT molecular complexity index is 191. The van der Waals surface area contributed by atoms with E-state index in [9.17, 15) is 0 Å². The van der Waals surface area contributed by atoms with Gasteiger partial charge in [0, 0.05) is 0 Å². The van der Waals surface area contributed by atoms with E-state index in [2.05, 4.69) is 33.8 Å². The van der Waals surface area contributed by atoms with Crippen LogP contribution < -0.4 is 0 Å². The third-order valence-electron chi connectivity index (χ3n) is 3.26. The van der Waals surface area contributed by atoms with Crippen LogP contribution in [0.1, 0.15) is 34.1 Å². The van der Waals surface area contributed by atoms with E-state index in [0.29, 0.717) is 17.3 Å². The molecule has 0 amide bonds. The maximum absolute atomic E-state index is 9.14. The first-order valence-corrected chi connectivity index (χ1v) is 4.79. The van der Waals surface area contributed by atoms with Crippen molar-refractivity contribution in [3.8, 4) is 0 Å². The molecule has 0 bridgehead atoms. The molecule has 0 spiro atoms. The van der Waals surface area contributed by atoms with Crippen molar-refractivity contribution in [3.05, 3.63) is 11.6 Å². The number of aliphatic hydroxyl groups is 1. The van der Waals surface area contributed by atoms with Crippen molar-refractivity contribution < 1.29 is 5.11 Å². The number of hydrogen-bond donors (Lipinski definition) is 1. The van der Waals surface area contributed by atoms with Crippen LogP contribution in [0.4, 0.5) is 0 Å². The minimum absolute atomic E-state index is 0.231. The molecule has 12 heavy (non-hydrogen) atoms. The molecule has 1 N–H and O–H groups in total. The van der Waals surface area contributed by atoms with Crippen LogP contribution in [0.15, 0.2) is 11.6 Å². The van der Waals surface area contributed by atoms with Gasteiger partial charge in [0.25, 0.3) is 0 Å². The Hall–Kier alpha value is -0.300. The molecule has 0 aromatic carbocycles. The van der Waals surface area contributed by atoms with E-state index in [-0.39, 0.29) is 6.61 Å². The lowest BCUT2D eigenvalue weighted by Gasteiger charge is -2.39. The van der Waals surface area contributed by atoms with Gasteiger partial charge in [-0.15, -0.1) is 0 Å². The standard InChI is InChI=1S/C11H20O/c1-8-5-10(7-12)9(2)11(3,4)6-8/h5,8-9,12H,6-7H2,1-4H3/t8-,9+/m0/s1. The van der Waals surface area contributed by atoms with E-state index in [0.717, 1.165) is 0 Å². The Labute approximate surface area is 75.5 Å². The smallest absolute Gasteiger partial charge is 0.0644 e. The molecule has 0 aromatic rings. The average molecular weight is 168 g/mol. The number of rotatable bonds is 1. The molecule has 0 radical (unpaired) electrons. The minimum atomic E-state index is 0.231. The summed E-state index contributed by atoms with van der Waals surface area (Å²) in [5, 5.41) is 9.14. The summed E-state index contributed by atoms with van der Waals surface area (Å²) in [7, 11) is 0. The van der Waals surface area contributed by atoms with Gasteiger partial charge < -0.3 is 5.11 Å². The van der Waals surface area contributed by atoms with E-state index in [4.69, 9.17) is 5.11 Å². The highest BCUT2D eigenvalue weighted by Gasteiger charge is 2.33. The molecule has 1 rings (SSSR count). The van der Waals surface area contributed by atoms with Gasteiger partial charge in [-0.2, -0.15) is 0 Å². The highest BCUT2D eigenvalue weighted by atomic mass is 16.3. The molecule has 0 fully saturated rings. The van der Waals surface area contributed by atoms with Crippen LogP contribution in [0.3, 0.4) is 0 Å². The fourth-order valence-electron chi connectivity index (χ4n) is 2.27. The van der Waals surface area contributed by atoms with Gasteiger partial charge in [-0.1, -0.05) is 33.8 Å². The van der Waals surface area contributed by atoms with Crippen LogP contribution in [0.5, 0.6) is 0 Å². The molecule has 0 aliphatic heterocycles. The van der Waals surface area contributed by atoms with Gasteiger partial charge in [0.1, 0.15) is 0 Å². The molecule has 0 heterocycles. The second-order valence-corrected chi connectivity index (χ2v) is 4.79. The van der Waals surface area contributed by atoms with Gasteiger partial charge in [-0.05, 0) is 29.2 Å². The zero-order chi connectivity index (χ0) is 9.35. The molecule has 0 aromatic heterocycles. The Kier molecular flexibility index (Phi) is 2.62. The molecule has 1 aliphatic rings. The average Bonchev–Trinajstić information content (AvgIpc) is 1.96. The van der Waals surface area contributed by atoms with Crippen LogP contribution in [0.25, 0.3) is 0 Å².